The van der Waals surface area contributed by atoms with Crippen molar-refractivity contribution in [1.29, 1.82) is 0 Å². The number of benzene rings is 3. The quantitative estimate of drug-likeness (QED) is 0.262. The van der Waals surface area contributed by atoms with Gasteiger partial charge in [-0.3, -0.25) is 14.9 Å². The molecule has 0 spiro atoms. The number of carbonyl (C=O) groups is 1. The van der Waals surface area contributed by atoms with Crippen molar-refractivity contribution in [1.82, 2.24) is 10.2 Å². The number of fused-ring (bicyclic) bond motifs is 2. The molecule has 0 atom stereocenters. The van der Waals surface area contributed by atoms with Gasteiger partial charge in [-0.2, -0.15) is 0 Å². The lowest BCUT2D eigenvalue weighted by Crippen LogP contribution is -2.37. The third-order valence-corrected chi connectivity index (χ3v) is 6.68. The molecule has 1 aliphatic heterocycles. The molecular formula is C29H28ClN3O3. The topological polar surface area (TPSA) is 75.5 Å². The minimum Gasteiger partial charge on any atom is -0.373 e. The van der Waals surface area contributed by atoms with Gasteiger partial charge in [-0.05, 0) is 47.6 Å². The van der Waals surface area contributed by atoms with Crippen LogP contribution in [-0.2, 0) is 0 Å². The molecule has 0 bridgehead atoms. The average Bonchev–Trinajstić information content (AvgIpc) is 3.06. The zero-order valence-electron chi connectivity index (χ0n) is 19.9. The monoisotopic (exact) mass is 501 g/mol. The van der Waals surface area contributed by atoms with Gasteiger partial charge in [0.05, 0.1) is 4.92 Å². The van der Waals surface area contributed by atoms with E-state index in [4.69, 9.17) is 0 Å². The second-order valence-corrected chi connectivity index (χ2v) is 8.80. The smallest absolute Gasteiger partial charge is 0.282 e. The summed E-state index contributed by atoms with van der Waals surface area (Å²) < 4.78 is 0. The van der Waals surface area contributed by atoms with Crippen LogP contribution in [0.15, 0.2) is 78.5 Å². The van der Waals surface area contributed by atoms with E-state index in [1.54, 1.807) is 12.1 Å². The molecule has 0 unspecified atom stereocenters. The number of carbonyl (C=O) groups excluding carboxylic acids is 1. The Labute approximate surface area is 216 Å². The summed E-state index contributed by atoms with van der Waals surface area (Å²) in [5.74, 6) is -0.419. The van der Waals surface area contributed by atoms with Crippen LogP contribution < -0.4 is 5.32 Å². The first kappa shape index (κ1) is 25.2. The van der Waals surface area contributed by atoms with Crippen LogP contribution >= 0.6 is 12.4 Å². The van der Waals surface area contributed by atoms with Crippen LogP contribution in [0.3, 0.4) is 0 Å². The first-order valence-electron chi connectivity index (χ1n) is 12.0. The van der Waals surface area contributed by atoms with E-state index >= 15 is 0 Å². The number of nitro groups is 1. The van der Waals surface area contributed by atoms with Crippen LogP contribution in [0.2, 0.25) is 0 Å². The Morgan fingerprint density at radius 1 is 0.889 bits per heavy atom. The minimum atomic E-state index is -0.517. The highest BCUT2D eigenvalue weighted by Crippen LogP contribution is 2.39. The number of para-hydroxylation sites is 1. The van der Waals surface area contributed by atoms with Crippen molar-refractivity contribution in [2.24, 2.45) is 0 Å². The van der Waals surface area contributed by atoms with Gasteiger partial charge in [-0.1, -0.05) is 72.8 Å². The highest BCUT2D eigenvalue weighted by molar-refractivity contribution is 5.98. The number of nitrogens with zero attached hydrogens (tertiary/aromatic N) is 2. The molecule has 1 aliphatic carbocycles. The Morgan fingerprint density at radius 2 is 1.50 bits per heavy atom. The molecule has 3 aromatic carbocycles. The maximum Gasteiger partial charge on any atom is 0.282 e. The van der Waals surface area contributed by atoms with Crippen molar-refractivity contribution in [2.75, 3.05) is 19.6 Å². The first-order valence-corrected chi connectivity index (χ1v) is 12.0. The number of rotatable bonds is 5. The summed E-state index contributed by atoms with van der Waals surface area (Å²) in [4.78, 5) is 25.9. The first-order chi connectivity index (χ1) is 17.1. The van der Waals surface area contributed by atoms with Crippen LogP contribution in [0, 0.1) is 10.1 Å². The molecule has 0 radical (unpaired) electrons. The molecule has 5 rings (SSSR count). The van der Waals surface area contributed by atoms with Crippen LogP contribution in [0.4, 0.5) is 5.69 Å². The van der Waals surface area contributed by atoms with Crippen LogP contribution in [0.5, 0.6) is 0 Å². The van der Waals surface area contributed by atoms with Crippen LogP contribution in [-0.4, -0.2) is 35.4 Å². The van der Waals surface area contributed by atoms with E-state index in [1.165, 1.54) is 45.7 Å². The fourth-order valence-corrected chi connectivity index (χ4v) is 5.02. The molecule has 1 N–H and O–H groups in total. The Bertz CT molecular complexity index is 1300. The number of nitrogens with one attached hydrogen (secondary N) is 1. The molecule has 6 nitrogen and oxygen atoms in total. The molecule has 1 saturated heterocycles. The van der Waals surface area contributed by atoms with Gasteiger partial charge in [0, 0.05) is 37.0 Å². The molecule has 0 aromatic heterocycles. The second-order valence-electron chi connectivity index (χ2n) is 8.80. The number of halogens is 1. The highest BCUT2D eigenvalue weighted by Gasteiger charge is 2.25. The second kappa shape index (κ2) is 11.2. The summed E-state index contributed by atoms with van der Waals surface area (Å²) in [6, 6.07) is 23.0. The van der Waals surface area contributed by atoms with E-state index in [2.05, 4.69) is 70.9 Å². The van der Waals surface area contributed by atoms with Crippen molar-refractivity contribution in [3.63, 3.8) is 0 Å². The standard InChI is InChI=1S/C29H27N3O3.ClH/c33-29(25-13-5-6-14-26(25)32(34)35)30-18-20-31-19-8-7-15-27(31)28-23-11-3-1-9-21(23)16-17-22-10-2-4-12-24(22)28;/h1-6,9-14,16-17H,7-8,15,18-20H2,(H,30,33);1H. The number of amides is 1. The summed E-state index contributed by atoms with van der Waals surface area (Å²) >= 11 is 0. The maximum atomic E-state index is 12.7. The number of likely N-dealkylation sites (tertiary alicyclic amines) is 1. The Kier molecular flexibility index (Phi) is 7.86. The zero-order valence-corrected chi connectivity index (χ0v) is 20.7. The number of allylic oxidation sites excluding steroid dienone is 1. The van der Waals surface area contributed by atoms with Gasteiger partial charge >= 0.3 is 0 Å². The number of hydrogen-bond donors (Lipinski definition) is 1. The fourth-order valence-electron chi connectivity index (χ4n) is 5.02. The van der Waals surface area contributed by atoms with Gasteiger partial charge in [-0.25, -0.2) is 0 Å². The van der Waals surface area contributed by atoms with E-state index in [-0.39, 0.29) is 23.7 Å². The normalized spacial score (nSPS) is 14.3. The van der Waals surface area contributed by atoms with E-state index < -0.39 is 10.8 Å². The van der Waals surface area contributed by atoms with E-state index in [1.807, 2.05) is 0 Å². The maximum absolute atomic E-state index is 12.7. The summed E-state index contributed by atoms with van der Waals surface area (Å²) in [7, 11) is 0. The van der Waals surface area contributed by atoms with Crippen molar-refractivity contribution >= 4 is 41.7 Å². The van der Waals surface area contributed by atoms with E-state index in [9.17, 15) is 14.9 Å². The van der Waals surface area contributed by atoms with Gasteiger partial charge < -0.3 is 10.2 Å². The Morgan fingerprint density at radius 3 is 2.17 bits per heavy atom. The number of hydrogen-bond acceptors (Lipinski definition) is 4. The Hall–Kier alpha value is -3.90. The van der Waals surface area contributed by atoms with Crippen molar-refractivity contribution < 1.29 is 9.72 Å². The minimum absolute atomic E-state index is 0. The van der Waals surface area contributed by atoms with E-state index in [0.717, 1.165) is 25.8 Å². The third kappa shape index (κ3) is 5.04. The predicted octanol–water partition coefficient (Wildman–Crippen LogP) is 6.18. The molecule has 1 fully saturated rings. The highest BCUT2D eigenvalue weighted by atomic mass is 35.5. The van der Waals surface area contributed by atoms with Crippen LogP contribution in [0.25, 0.3) is 17.7 Å². The van der Waals surface area contributed by atoms with Crippen molar-refractivity contribution in [3.05, 3.63) is 116 Å². The summed E-state index contributed by atoms with van der Waals surface area (Å²) in [6.07, 6.45) is 7.55. The van der Waals surface area contributed by atoms with Gasteiger partial charge in [0.25, 0.3) is 11.6 Å². The molecule has 2 aliphatic rings. The molecule has 7 heteroatoms. The molecular weight excluding hydrogens is 474 g/mol. The van der Waals surface area contributed by atoms with Gasteiger partial charge in [0.2, 0.25) is 0 Å². The number of nitro benzene ring substituents is 1. The van der Waals surface area contributed by atoms with Crippen molar-refractivity contribution in [3.8, 4) is 0 Å². The molecule has 1 amide bonds. The van der Waals surface area contributed by atoms with Gasteiger partial charge in [-0.15, -0.1) is 12.4 Å². The predicted molar refractivity (Wildman–Crippen MR) is 146 cm³/mol. The van der Waals surface area contributed by atoms with Gasteiger partial charge in [0.1, 0.15) is 5.56 Å². The average molecular weight is 502 g/mol. The van der Waals surface area contributed by atoms with Crippen LogP contribution in [0.1, 0.15) is 51.9 Å². The molecule has 184 valence electrons. The fraction of sp³-hybridized carbons (Fsp3) is 0.207. The molecule has 3 aromatic rings. The third-order valence-electron chi connectivity index (χ3n) is 6.68. The number of piperidine rings is 1. The zero-order chi connectivity index (χ0) is 24.2. The molecule has 1 heterocycles. The molecule has 36 heavy (non-hydrogen) atoms. The lowest BCUT2D eigenvalue weighted by Gasteiger charge is -2.34. The lowest BCUT2D eigenvalue weighted by atomic mass is 9.89. The summed E-state index contributed by atoms with van der Waals surface area (Å²) in [5, 5.41) is 14.2. The SMILES string of the molecule is Cl.O=C(NCCN1CCCCC1=C1c2ccccc2C=Cc2ccccc21)c1ccccc1[N+](=O)[O-]. The van der Waals surface area contributed by atoms with Crippen molar-refractivity contribution in [2.45, 2.75) is 19.3 Å². The Balaban J connectivity index is 0.00000304. The molecule has 0 saturated carbocycles. The van der Waals surface area contributed by atoms with Gasteiger partial charge in [0.15, 0.2) is 0 Å². The largest absolute Gasteiger partial charge is 0.373 e. The lowest BCUT2D eigenvalue weighted by molar-refractivity contribution is -0.385. The summed E-state index contributed by atoms with van der Waals surface area (Å²) in [6.45, 7) is 1.96. The summed E-state index contributed by atoms with van der Waals surface area (Å²) in [5.41, 5.74) is 7.30. The van der Waals surface area contributed by atoms with E-state index in [0.29, 0.717) is 13.1 Å².